The Bertz CT molecular complexity index is 177. The van der Waals surface area contributed by atoms with Crippen molar-refractivity contribution in [1.82, 2.24) is 0 Å². The summed E-state index contributed by atoms with van der Waals surface area (Å²) in [6, 6.07) is 0. The summed E-state index contributed by atoms with van der Waals surface area (Å²) in [5, 5.41) is 35.7. The number of hydrogen-bond acceptors (Lipinski definition) is 8. The van der Waals surface area contributed by atoms with Crippen LogP contribution in [0.15, 0.2) is 0 Å². The van der Waals surface area contributed by atoms with Crippen molar-refractivity contribution >= 4 is 69.4 Å². The number of carbonyl (C=O) groups excluding carboxylic acids is 4. The molecule has 0 aromatic carbocycles. The molecule has 70 valence electrons. The van der Waals surface area contributed by atoms with Crippen LogP contribution in [0.4, 0.5) is 0 Å². The van der Waals surface area contributed by atoms with Gasteiger partial charge >= 0.3 is 67.2 Å². The Hall–Kier alpha value is 0.0748. The van der Waals surface area contributed by atoms with E-state index in [1.165, 1.54) is 0 Å². The predicted molar refractivity (Wildman–Crippen MR) is 25.8 cm³/mol. The van der Waals surface area contributed by atoms with Crippen molar-refractivity contribution in [3.8, 4) is 0 Å². The van der Waals surface area contributed by atoms with E-state index in [1.54, 1.807) is 0 Å². The van der Waals surface area contributed by atoms with E-state index in [9.17, 15) is 0 Å². The average Bonchev–Trinajstić information content (AvgIpc) is 1.88. The van der Waals surface area contributed by atoms with E-state index in [4.69, 9.17) is 39.6 Å². The molecule has 0 saturated carbocycles. The molecule has 0 N–H and O–H groups in total. The Morgan fingerprint density at radius 2 is 0.643 bits per heavy atom. The molecule has 0 aliphatic heterocycles. The summed E-state index contributed by atoms with van der Waals surface area (Å²) in [6.07, 6.45) is 0. The molecule has 0 amide bonds. The molecule has 0 saturated heterocycles. The van der Waals surface area contributed by atoms with Crippen LogP contribution in [-0.4, -0.2) is 69.4 Å². The normalized spacial score (nSPS) is 6.29. The summed E-state index contributed by atoms with van der Waals surface area (Å²) in [6.45, 7) is 0. The van der Waals surface area contributed by atoms with Crippen LogP contribution in [0.1, 0.15) is 0 Å². The molecule has 0 atom stereocenters. The molecule has 0 aromatic heterocycles. The average molecular weight is 312 g/mol. The third kappa shape index (κ3) is 22.7. The quantitative estimate of drug-likeness (QED) is 0.315. The van der Waals surface area contributed by atoms with Gasteiger partial charge in [-0.1, -0.05) is 0 Å². The minimum atomic E-state index is -2.19. The molecule has 0 fully saturated rings. The molecule has 0 aliphatic carbocycles. The molecular formula is C4O8SrTi. The number of hydrogen-bond donors (Lipinski definition) is 0. The van der Waals surface area contributed by atoms with E-state index in [2.05, 4.69) is 0 Å². The Labute approximate surface area is 129 Å². The molecule has 0 heterocycles. The van der Waals surface area contributed by atoms with Crippen LogP contribution in [0.25, 0.3) is 0 Å². The zero-order valence-electron chi connectivity index (χ0n) is 6.47. The Balaban J connectivity index is -0.0000000625. The summed E-state index contributed by atoms with van der Waals surface area (Å²) in [5.74, 6) is -8.74. The zero-order valence-corrected chi connectivity index (χ0v) is 11.5. The number of aliphatic carboxylic acids is 4. The fraction of sp³-hybridized carbons (Fsp3) is 0. The van der Waals surface area contributed by atoms with Crippen molar-refractivity contribution in [2.75, 3.05) is 0 Å². The second-order valence-corrected chi connectivity index (χ2v) is 1.15. The summed E-state index contributed by atoms with van der Waals surface area (Å²) in [4.78, 5) is 35.7. The van der Waals surface area contributed by atoms with Crippen LogP contribution >= 0.6 is 0 Å². The van der Waals surface area contributed by atoms with Crippen LogP contribution in [-0.2, 0) is 40.9 Å². The first-order valence-corrected chi connectivity index (χ1v) is 2.13. The first-order valence-electron chi connectivity index (χ1n) is 2.13. The summed E-state index contributed by atoms with van der Waals surface area (Å²) in [5.41, 5.74) is 0. The molecule has 0 unspecified atom stereocenters. The molecular weight excluding hydrogens is 312 g/mol. The van der Waals surface area contributed by atoms with Crippen LogP contribution in [0.5, 0.6) is 0 Å². The van der Waals surface area contributed by atoms with Gasteiger partial charge in [0.2, 0.25) is 0 Å². The molecule has 0 radical (unpaired) electrons. The van der Waals surface area contributed by atoms with Gasteiger partial charge in [-0.25, -0.2) is 0 Å². The Morgan fingerprint density at radius 1 is 0.571 bits per heavy atom. The summed E-state index contributed by atoms with van der Waals surface area (Å²) in [7, 11) is 0. The van der Waals surface area contributed by atoms with E-state index < -0.39 is 23.9 Å². The third-order valence-corrected chi connectivity index (χ3v) is 0.333. The Morgan fingerprint density at radius 3 is 0.643 bits per heavy atom. The van der Waals surface area contributed by atoms with E-state index in [0.717, 1.165) is 0 Å². The first kappa shape index (κ1) is 23.7. The smallest absolute Gasteiger partial charge is 0.543 e. The molecule has 0 rings (SSSR count). The molecule has 0 aliphatic rings. The SMILES string of the molecule is O=C([O-])C(=O)[O-].O=C([O-])C(=O)[O-].[Sr+2].[Ti+2]. The number of rotatable bonds is 0. The van der Waals surface area contributed by atoms with Gasteiger partial charge in [-0.3, -0.25) is 0 Å². The van der Waals surface area contributed by atoms with Gasteiger partial charge in [-0.15, -0.1) is 0 Å². The fourth-order valence-corrected chi connectivity index (χ4v) is 0. The monoisotopic (exact) mass is 312 g/mol. The van der Waals surface area contributed by atoms with Crippen molar-refractivity contribution in [2.45, 2.75) is 0 Å². The van der Waals surface area contributed by atoms with Crippen LogP contribution < -0.4 is 20.4 Å². The van der Waals surface area contributed by atoms with Gasteiger partial charge in [-0.05, 0) is 0 Å². The molecule has 8 nitrogen and oxygen atoms in total. The molecule has 0 spiro atoms. The number of carboxylic acids is 4. The van der Waals surface area contributed by atoms with Gasteiger partial charge in [0.05, 0.1) is 23.9 Å². The predicted octanol–water partition coefficient (Wildman–Crippen LogP) is -7.41. The largest absolute Gasteiger partial charge is 2.00 e. The van der Waals surface area contributed by atoms with Crippen molar-refractivity contribution in [3.63, 3.8) is 0 Å². The maximum atomic E-state index is 8.93. The zero-order chi connectivity index (χ0) is 10.3. The summed E-state index contributed by atoms with van der Waals surface area (Å²) < 4.78 is 0. The van der Waals surface area contributed by atoms with Gasteiger partial charge < -0.3 is 39.6 Å². The third-order valence-electron chi connectivity index (χ3n) is 0.333. The summed E-state index contributed by atoms with van der Waals surface area (Å²) >= 11 is 0. The van der Waals surface area contributed by atoms with E-state index >= 15 is 0 Å². The topological polar surface area (TPSA) is 161 Å². The van der Waals surface area contributed by atoms with Gasteiger partial charge in [0.15, 0.2) is 0 Å². The second-order valence-electron chi connectivity index (χ2n) is 1.15. The van der Waals surface area contributed by atoms with Gasteiger partial charge in [-0.2, -0.15) is 0 Å². The molecule has 0 aromatic rings. The fourth-order valence-electron chi connectivity index (χ4n) is 0. The number of carboxylic acid groups (broad SMARTS) is 4. The van der Waals surface area contributed by atoms with Gasteiger partial charge in [0, 0.05) is 0 Å². The maximum Gasteiger partial charge on any atom is 2.00 e. The minimum absolute atomic E-state index is 0. The minimum Gasteiger partial charge on any atom is -0.543 e. The van der Waals surface area contributed by atoms with Crippen LogP contribution in [0, 0.1) is 0 Å². The van der Waals surface area contributed by atoms with Crippen molar-refractivity contribution in [1.29, 1.82) is 0 Å². The van der Waals surface area contributed by atoms with Crippen LogP contribution in [0.3, 0.4) is 0 Å². The second kappa shape index (κ2) is 13.1. The Kier molecular flexibility index (Phi) is 22.1. The standard InChI is InChI=1S/2C2H2O4.Sr.Ti/c2*3-1(4)2(5)6;;/h2*(H,3,4)(H,5,6);;/q;;2*+2/p-4. The van der Waals surface area contributed by atoms with Crippen molar-refractivity contribution in [2.24, 2.45) is 0 Å². The van der Waals surface area contributed by atoms with Gasteiger partial charge in [0.1, 0.15) is 0 Å². The van der Waals surface area contributed by atoms with E-state index in [1.807, 2.05) is 0 Å². The molecule has 0 bridgehead atoms. The molecule has 14 heavy (non-hydrogen) atoms. The number of carbonyl (C=O) groups is 4. The van der Waals surface area contributed by atoms with Crippen molar-refractivity contribution in [3.05, 3.63) is 0 Å². The van der Waals surface area contributed by atoms with Gasteiger partial charge in [0.25, 0.3) is 0 Å². The maximum absolute atomic E-state index is 8.93. The molecule has 10 heteroatoms. The first-order chi connectivity index (χ1) is 5.29. The van der Waals surface area contributed by atoms with E-state index in [-0.39, 0.29) is 67.2 Å². The van der Waals surface area contributed by atoms with Crippen LogP contribution in [0.2, 0.25) is 0 Å². The van der Waals surface area contributed by atoms with Crippen molar-refractivity contribution < 1.29 is 61.3 Å². The van der Waals surface area contributed by atoms with E-state index in [0.29, 0.717) is 0 Å².